The van der Waals surface area contributed by atoms with Gasteiger partial charge in [-0.25, -0.2) is 4.98 Å². The van der Waals surface area contributed by atoms with Crippen LogP contribution in [0.2, 0.25) is 0 Å². The van der Waals surface area contributed by atoms with Gasteiger partial charge >= 0.3 is 0 Å². The van der Waals surface area contributed by atoms with Crippen molar-refractivity contribution in [3.8, 4) is 0 Å². The highest BCUT2D eigenvalue weighted by atomic mass is 32.2. The number of aromatic nitrogens is 1. The molecule has 0 aliphatic rings. The van der Waals surface area contributed by atoms with Gasteiger partial charge in [-0.05, 0) is 25.3 Å². The van der Waals surface area contributed by atoms with Crippen molar-refractivity contribution in [2.75, 3.05) is 12.3 Å². The molecule has 20 heavy (non-hydrogen) atoms. The first-order chi connectivity index (χ1) is 9.74. The lowest BCUT2D eigenvalue weighted by atomic mass is 10.1. The molecule has 0 bridgehead atoms. The molecule has 3 nitrogen and oxygen atoms in total. The Kier molecular flexibility index (Phi) is 6.08. The van der Waals surface area contributed by atoms with Crippen molar-refractivity contribution in [2.45, 2.75) is 24.1 Å². The first-order valence-corrected chi connectivity index (χ1v) is 8.46. The van der Waals surface area contributed by atoms with Gasteiger partial charge in [-0.2, -0.15) is 0 Å². The third kappa shape index (κ3) is 5.35. The van der Waals surface area contributed by atoms with E-state index in [-0.39, 0.29) is 5.91 Å². The van der Waals surface area contributed by atoms with Crippen LogP contribution in [0.5, 0.6) is 0 Å². The Hall–Kier alpha value is -1.33. The van der Waals surface area contributed by atoms with Crippen LogP contribution >= 0.6 is 23.1 Å². The van der Waals surface area contributed by atoms with Crippen LogP contribution in [-0.2, 0) is 11.2 Å². The quantitative estimate of drug-likeness (QED) is 0.630. The average molecular weight is 306 g/mol. The molecule has 0 saturated carbocycles. The van der Waals surface area contributed by atoms with Gasteiger partial charge in [-0.1, -0.05) is 42.1 Å². The summed E-state index contributed by atoms with van der Waals surface area (Å²) in [5, 5.41) is 4.95. The lowest BCUT2D eigenvalue weighted by Gasteiger charge is -2.04. The standard InChI is InChI=1S/C15H18N2OS2/c1-12-10-19-15(17-12)20-11-14(18)16-9-5-8-13-6-3-2-4-7-13/h2-4,6-7,10H,5,8-9,11H2,1H3,(H,16,18). The molecule has 0 atom stereocenters. The van der Waals surface area contributed by atoms with Crippen LogP contribution in [-0.4, -0.2) is 23.2 Å². The van der Waals surface area contributed by atoms with Gasteiger partial charge in [0.05, 0.1) is 5.75 Å². The molecular formula is C15H18N2OS2. The third-order valence-electron chi connectivity index (χ3n) is 2.73. The van der Waals surface area contributed by atoms with Gasteiger partial charge in [0, 0.05) is 17.6 Å². The number of rotatable bonds is 7. The molecule has 0 unspecified atom stereocenters. The van der Waals surface area contributed by atoms with Crippen LogP contribution in [0, 0.1) is 6.92 Å². The molecule has 0 aliphatic heterocycles. The fourth-order valence-corrected chi connectivity index (χ4v) is 3.42. The van der Waals surface area contributed by atoms with Gasteiger partial charge in [0.15, 0.2) is 4.34 Å². The van der Waals surface area contributed by atoms with Crippen LogP contribution in [0.15, 0.2) is 40.1 Å². The van der Waals surface area contributed by atoms with E-state index in [1.807, 2.05) is 30.5 Å². The van der Waals surface area contributed by atoms with Crippen molar-refractivity contribution >= 4 is 29.0 Å². The smallest absolute Gasteiger partial charge is 0.230 e. The molecule has 0 fully saturated rings. The maximum absolute atomic E-state index is 11.7. The summed E-state index contributed by atoms with van der Waals surface area (Å²) in [5.74, 6) is 0.522. The lowest BCUT2D eigenvalue weighted by molar-refractivity contribution is -0.118. The minimum Gasteiger partial charge on any atom is -0.355 e. The molecular weight excluding hydrogens is 288 g/mol. The average Bonchev–Trinajstić information content (AvgIpc) is 2.88. The Morgan fingerprint density at radius 2 is 2.15 bits per heavy atom. The Labute approximate surface area is 127 Å². The summed E-state index contributed by atoms with van der Waals surface area (Å²) >= 11 is 3.09. The number of hydrogen-bond donors (Lipinski definition) is 1. The number of hydrogen-bond acceptors (Lipinski definition) is 4. The van der Waals surface area contributed by atoms with Crippen LogP contribution in [0.3, 0.4) is 0 Å². The predicted octanol–water partition coefficient (Wildman–Crippen LogP) is 3.29. The number of nitrogens with zero attached hydrogens (tertiary/aromatic N) is 1. The second-order valence-corrected chi connectivity index (χ2v) is 6.56. The number of thioether (sulfide) groups is 1. The highest BCUT2D eigenvalue weighted by molar-refractivity contribution is 8.01. The van der Waals surface area contributed by atoms with E-state index in [9.17, 15) is 4.79 Å². The molecule has 2 rings (SSSR count). The minimum absolute atomic E-state index is 0.0796. The first-order valence-electron chi connectivity index (χ1n) is 6.59. The Balaban J connectivity index is 1.58. The molecule has 1 heterocycles. The Bertz CT molecular complexity index is 540. The largest absolute Gasteiger partial charge is 0.355 e. The second-order valence-electron chi connectivity index (χ2n) is 4.48. The predicted molar refractivity (Wildman–Crippen MR) is 85.3 cm³/mol. The first kappa shape index (κ1) is 15.1. The van der Waals surface area contributed by atoms with Gasteiger partial charge in [0.25, 0.3) is 0 Å². The van der Waals surface area contributed by atoms with Gasteiger partial charge < -0.3 is 5.32 Å². The van der Waals surface area contributed by atoms with Gasteiger partial charge in [0.1, 0.15) is 0 Å². The highest BCUT2D eigenvalue weighted by Crippen LogP contribution is 2.21. The summed E-state index contributed by atoms with van der Waals surface area (Å²) < 4.78 is 0.960. The van der Waals surface area contributed by atoms with E-state index in [2.05, 4.69) is 22.4 Å². The number of carbonyl (C=O) groups excluding carboxylic acids is 1. The van der Waals surface area contributed by atoms with Crippen molar-refractivity contribution in [1.29, 1.82) is 0 Å². The van der Waals surface area contributed by atoms with E-state index < -0.39 is 0 Å². The number of aryl methyl sites for hydroxylation is 2. The summed E-state index contributed by atoms with van der Waals surface area (Å²) in [6.45, 7) is 2.69. The maximum Gasteiger partial charge on any atom is 0.230 e. The number of thiazole rings is 1. The number of carbonyl (C=O) groups is 1. The zero-order valence-corrected chi connectivity index (χ0v) is 13.1. The van der Waals surface area contributed by atoms with E-state index in [1.54, 1.807) is 11.3 Å². The Morgan fingerprint density at radius 1 is 1.35 bits per heavy atom. The minimum atomic E-state index is 0.0796. The monoisotopic (exact) mass is 306 g/mol. The van der Waals surface area contributed by atoms with Gasteiger partial charge in [0.2, 0.25) is 5.91 Å². The van der Waals surface area contributed by atoms with Crippen molar-refractivity contribution in [3.63, 3.8) is 0 Å². The summed E-state index contributed by atoms with van der Waals surface area (Å²) in [6, 6.07) is 10.3. The molecule has 2 aromatic rings. The van der Waals surface area contributed by atoms with Crippen LogP contribution < -0.4 is 5.32 Å². The zero-order valence-electron chi connectivity index (χ0n) is 11.5. The molecule has 1 aromatic carbocycles. The maximum atomic E-state index is 11.7. The van der Waals surface area contributed by atoms with E-state index in [0.29, 0.717) is 5.75 Å². The summed E-state index contributed by atoms with van der Waals surface area (Å²) in [5.41, 5.74) is 2.33. The Morgan fingerprint density at radius 3 is 2.85 bits per heavy atom. The normalized spacial score (nSPS) is 10.4. The fraction of sp³-hybridized carbons (Fsp3) is 0.333. The molecule has 0 radical (unpaired) electrons. The lowest BCUT2D eigenvalue weighted by Crippen LogP contribution is -2.26. The van der Waals surface area contributed by atoms with Crippen LogP contribution in [0.4, 0.5) is 0 Å². The molecule has 0 spiro atoms. The SMILES string of the molecule is Cc1csc(SCC(=O)NCCCc2ccccc2)n1. The number of benzene rings is 1. The molecule has 0 saturated heterocycles. The molecule has 1 N–H and O–H groups in total. The molecule has 0 aliphatic carbocycles. The molecule has 106 valence electrons. The summed E-state index contributed by atoms with van der Waals surface area (Å²) in [7, 11) is 0. The van der Waals surface area contributed by atoms with Gasteiger partial charge in [-0.15, -0.1) is 11.3 Å². The van der Waals surface area contributed by atoms with E-state index >= 15 is 0 Å². The van der Waals surface area contributed by atoms with Crippen molar-refractivity contribution in [3.05, 3.63) is 47.0 Å². The number of nitrogens with one attached hydrogen (secondary N) is 1. The fourth-order valence-electron chi connectivity index (χ4n) is 1.74. The summed E-state index contributed by atoms with van der Waals surface area (Å²) in [6.07, 6.45) is 1.97. The molecule has 1 aromatic heterocycles. The topological polar surface area (TPSA) is 42.0 Å². The van der Waals surface area contributed by atoms with E-state index in [0.717, 1.165) is 29.4 Å². The zero-order chi connectivity index (χ0) is 14.2. The second kappa shape index (κ2) is 8.07. The van der Waals surface area contributed by atoms with Crippen molar-refractivity contribution in [1.82, 2.24) is 10.3 Å². The molecule has 1 amide bonds. The van der Waals surface area contributed by atoms with Crippen LogP contribution in [0.25, 0.3) is 0 Å². The van der Waals surface area contributed by atoms with E-state index in [1.165, 1.54) is 17.3 Å². The van der Waals surface area contributed by atoms with Crippen molar-refractivity contribution < 1.29 is 4.79 Å². The van der Waals surface area contributed by atoms with E-state index in [4.69, 9.17) is 0 Å². The summed E-state index contributed by atoms with van der Waals surface area (Å²) in [4.78, 5) is 16.0. The van der Waals surface area contributed by atoms with Crippen LogP contribution in [0.1, 0.15) is 17.7 Å². The number of amides is 1. The van der Waals surface area contributed by atoms with Crippen molar-refractivity contribution in [2.24, 2.45) is 0 Å². The third-order valence-corrected chi connectivity index (χ3v) is 4.87. The van der Waals surface area contributed by atoms with Gasteiger partial charge in [-0.3, -0.25) is 4.79 Å². The molecule has 5 heteroatoms. The highest BCUT2D eigenvalue weighted by Gasteiger charge is 2.04.